The smallest absolute Gasteiger partial charge is 0.462 e. The Labute approximate surface area is 638 Å². The number of ether oxygens (including phenoxy) is 4. The van der Waals surface area contributed by atoms with Crippen LogP contribution in [-0.2, 0) is 65.4 Å². The lowest BCUT2D eigenvalue weighted by Gasteiger charge is -2.21. The van der Waals surface area contributed by atoms with Gasteiger partial charge in [0.25, 0.3) is 0 Å². The van der Waals surface area contributed by atoms with Gasteiger partial charge in [0.05, 0.1) is 26.4 Å². The fourth-order valence-electron chi connectivity index (χ4n) is 13.2. The normalized spacial score (nSPS) is 14.1. The molecule has 0 aromatic carbocycles. The lowest BCUT2D eigenvalue weighted by molar-refractivity contribution is -0.161. The fraction of sp³-hybridized carbons (Fsp3) is 0.953. The molecule has 19 heteroatoms. The number of aliphatic hydroxyl groups excluding tert-OH is 1. The molecule has 0 aromatic rings. The summed E-state index contributed by atoms with van der Waals surface area (Å²) in [6.45, 7) is 9.65. The number of phosphoric ester groups is 2. The highest BCUT2D eigenvalue weighted by molar-refractivity contribution is 7.47. The number of carbonyl (C=O) groups excluding carboxylic acids is 4. The van der Waals surface area contributed by atoms with Crippen molar-refractivity contribution in [3.05, 3.63) is 0 Å². The molecule has 0 radical (unpaired) electrons. The minimum atomic E-state index is -4.97. The lowest BCUT2D eigenvalue weighted by Crippen LogP contribution is -2.30. The Kier molecular flexibility index (Phi) is 75.0. The van der Waals surface area contributed by atoms with Gasteiger partial charge in [0.1, 0.15) is 19.3 Å². The van der Waals surface area contributed by atoms with Crippen molar-refractivity contribution in [1.82, 2.24) is 0 Å². The van der Waals surface area contributed by atoms with Gasteiger partial charge in [0.15, 0.2) is 12.2 Å². The van der Waals surface area contributed by atoms with Gasteiger partial charge in [-0.05, 0) is 37.5 Å². The first-order chi connectivity index (χ1) is 50.4. The zero-order valence-electron chi connectivity index (χ0n) is 68.3. The summed E-state index contributed by atoms with van der Waals surface area (Å²) in [5.74, 6) is -0.567. The monoisotopic (exact) mass is 1520 g/mol. The van der Waals surface area contributed by atoms with E-state index in [9.17, 15) is 43.2 Å². The summed E-state index contributed by atoms with van der Waals surface area (Å²) in [7, 11) is -9.93. The van der Waals surface area contributed by atoms with E-state index in [1.165, 1.54) is 263 Å². The van der Waals surface area contributed by atoms with Gasteiger partial charge in [-0.15, -0.1) is 0 Å². The van der Waals surface area contributed by atoms with Gasteiger partial charge in [-0.2, -0.15) is 0 Å². The second-order valence-electron chi connectivity index (χ2n) is 31.3. The van der Waals surface area contributed by atoms with Crippen LogP contribution in [0, 0.1) is 11.8 Å². The van der Waals surface area contributed by atoms with E-state index >= 15 is 0 Å². The van der Waals surface area contributed by atoms with Crippen LogP contribution in [0.3, 0.4) is 0 Å². The SMILES string of the molecule is CCCCCCCCCCCCCCCCCCCCCCCC(=O)O[C@H](COC(=O)CCCCCCCCCCCCCCCCCC(C)C)COP(=O)(O)OC[C@@H](O)COP(=O)(O)OC[C@@H](COC(=O)CCCCCCCCC(C)CC)OC(=O)CCCCCCCCCCCCCCCCC. The summed E-state index contributed by atoms with van der Waals surface area (Å²) in [6.07, 6.45) is 68.1. The standard InChI is InChI=1S/C85H166O17P2/c1-7-10-12-14-16-18-20-22-24-25-26-27-28-29-33-38-42-46-50-58-64-69-84(89)101-80(73-95-82(87)67-61-55-48-44-40-36-34-30-32-35-39-43-47-53-59-65-77(4)5)75-99-103(91,92)97-71-79(86)72-98-104(93,94)100-76-81(74-96-83(88)68-62-56-52-51-54-60-66-78(6)9-3)102-85(90)70-63-57-49-45-41-37-31-23-21-19-17-15-13-11-8-2/h77-81,86H,7-76H2,1-6H3,(H,91,92)(H,93,94)/t78?,79-,80-,81-/m1/s1. The molecular weight excluding hydrogens is 1350 g/mol. The highest BCUT2D eigenvalue weighted by atomic mass is 31.2. The topological polar surface area (TPSA) is 237 Å². The third-order valence-electron chi connectivity index (χ3n) is 20.3. The summed E-state index contributed by atoms with van der Waals surface area (Å²) in [5.41, 5.74) is 0. The molecule has 0 aromatic heterocycles. The molecule has 0 fully saturated rings. The van der Waals surface area contributed by atoms with E-state index in [0.29, 0.717) is 25.7 Å². The van der Waals surface area contributed by atoms with Crippen LogP contribution in [0.15, 0.2) is 0 Å². The van der Waals surface area contributed by atoms with Crippen molar-refractivity contribution in [2.75, 3.05) is 39.6 Å². The van der Waals surface area contributed by atoms with Gasteiger partial charge >= 0.3 is 39.5 Å². The Morgan fingerprint density at radius 3 is 0.731 bits per heavy atom. The van der Waals surface area contributed by atoms with Crippen LogP contribution in [0.5, 0.6) is 0 Å². The summed E-state index contributed by atoms with van der Waals surface area (Å²) in [5, 5.41) is 10.7. The van der Waals surface area contributed by atoms with E-state index in [1.807, 2.05) is 0 Å². The van der Waals surface area contributed by atoms with Crippen LogP contribution in [-0.4, -0.2) is 96.7 Å². The van der Waals surface area contributed by atoms with E-state index < -0.39 is 97.5 Å². The number of aliphatic hydroxyl groups is 1. The number of hydrogen-bond donors (Lipinski definition) is 3. The maximum atomic E-state index is 13.1. The van der Waals surface area contributed by atoms with Gasteiger partial charge in [0, 0.05) is 25.7 Å². The Morgan fingerprint density at radius 2 is 0.490 bits per heavy atom. The molecule has 0 heterocycles. The first-order valence-corrected chi connectivity index (χ1v) is 47.0. The molecule has 104 heavy (non-hydrogen) atoms. The minimum Gasteiger partial charge on any atom is -0.462 e. The Morgan fingerprint density at radius 1 is 0.279 bits per heavy atom. The van der Waals surface area contributed by atoms with Crippen molar-refractivity contribution >= 4 is 39.5 Å². The van der Waals surface area contributed by atoms with Crippen LogP contribution in [0.4, 0.5) is 0 Å². The molecule has 0 bridgehead atoms. The number of hydrogen-bond acceptors (Lipinski definition) is 15. The summed E-state index contributed by atoms with van der Waals surface area (Å²) in [6, 6.07) is 0. The van der Waals surface area contributed by atoms with Crippen molar-refractivity contribution < 1.29 is 80.2 Å². The average Bonchev–Trinajstić information content (AvgIpc) is 0.912. The number of unbranched alkanes of at least 4 members (excludes halogenated alkanes) is 53. The number of rotatable bonds is 84. The van der Waals surface area contributed by atoms with E-state index in [0.717, 1.165) is 108 Å². The lowest BCUT2D eigenvalue weighted by atomic mass is 10.00. The zero-order valence-corrected chi connectivity index (χ0v) is 70.1. The fourth-order valence-corrected chi connectivity index (χ4v) is 14.8. The number of carbonyl (C=O) groups is 4. The molecule has 0 aliphatic rings. The highest BCUT2D eigenvalue weighted by Gasteiger charge is 2.30. The first-order valence-electron chi connectivity index (χ1n) is 44.0. The molecule has 618 valence electrons. The molecule has 3 unspecified atom stereocenters. The average molecular weight is 1520 g/mol. The van der Waals surface area contributed by atoms with E-state index in [2.05, 4.69) is 41.5 Å². The van der Waals surface area contributed by atoms with Gasteiger partial charge in [0.2, 0.25) is 0 Å². The van der Waals surface area contributed by atoms with Crippen LogP contribution in [0.25, 0.3) is 0 Å². The maximum Gasteiger partial charge on any atom is 0.472 e. The van der Waals surface area contributed by atoms with E-state index in [-0.39, 0.29) is 25.7 Å². The third-order valence-corrected chi connectivity index (χ3v) is 22.2. The third kappa shape index (κ3) is 76.8. The zero-order chi connectivity index (χ0) is 76.4. The molecule has 3 N–H and O–H groups in total. The molecule has 6 atom stereocenters. The summed E-state index contributed by atoms with van der Waals surface area (Å²) < 4.78 is 68.8. The quantitative estimate of drug-likeness (QED) is 0.0222. The van der Waals surface area contributed by atoms with E-state index in [4.69, 9.17) is 37.0 Å². The molecular formula is C85H166O17P2. The molecule has 0 rings (SSSR count). The Bertz CT molecular complexity index is 2000. The van der Waals surface area contributed by atoms with Crippen LogP contribution in [0.1, 0.15) is 452 Å². The number of esters is 4. The van der Waals surface area contributed by atoms with Gasteiger partial charge in [-0.1, -0.05) is 401 Å². The van der Waals surface area contributed by atoms with Crippen molar-refractivity contribution in [3.8, 4) is 0 Å². The molecule has 17 nitrogen and oxygen atoms in total. The largest absolute Gasteiger partial charge is 0.472 e. The molecule has 0 amide bonds. The minimum absolute atomic E-state index is 0.107. The maximum absolute atomic E-state index is 13.1. The van der Waals surface area contributed by atoms with Crippen molar-refractivity contribution in [1.29, 1.82) is 0 Å². The summed E-state index contributed by atoms with van der Waals surface area (Å²) >= 11 is 0. The second-order valence-corrected chi connectivity index (χ2v) is 34.2. The van der Waals surface area contributed by atoms with Gasteiger partial charge < -0.3 is 33.8 Å². The molecule has 0 saturated carbocycles. The van der Waals surface area contributed by atoms with Crippen molar-refractivity contribution in [2.45, 2.75) is 471 Å². The predicted octanol–water partition coefficient (Wildman–Crippen LogP) is 25.8. The van der Waals surface area contributed by atoms with Gasteiger partial charge in [-0.3, -0.25) is 37.3 Å². The Hall–Kier alpha value is -1.94. The van der Waals surface area contributed by atoms with Gasteiger partial charge in [-0.25, -0.2) is 9.13 Å². The summed E-state index contributed by atoms with van der Waals surface area (Å²) in [4.78, 5) is 73.2. The first kappa shape index (κ1) is 102. The van der Waals surface area contributed by atoms with Crippen LogP contribution >= 0.6 is 15.6 Å². The molecule has 0 aliphatic heterocycles. The van der Waals surface area contributed by atoms with E-state index in [1.54, 1.807) is 0 Å². The molecule has 0 aliphatic carbocycles. The van der Waals surface area contributed by atoms with Crippen LogP contribution < -0.4 is 0 Å². The highest BCUT2D eigenvalue weighted by Crippen LogP contribution is 2.45. The predicted molar refractivity (Wildman–Crippen MR) is 428 cm³/mol. The number of phosphoric acid groups is 2. The molecule has 0 saturated heterocycles. The van der Waals surface area contributed by atoms with Crippen molar-refractivity contribution in [2.24, 2.45) is 11.8 Å². The Balaban J connectivity index is 5.23. The second kappa shape index (κ2) is 76.4. The molecule has 0 spiro atoms. The van der Waals surface area contributed by atoms with Crippen LogP contribution in [0.2, 0.25) is 0 Å². The van der Waals surface area contributed by atoms with Crippen molar-refractivity contribution in [3.63, 3.8) is 0 Å².